The fraction of sp³-hybridized carbons (Fsp3) is 0.364. The van der Waals surface area contributed by atoms with Gasteiger partial charge in [-0.15, -0.1) is 0 Å². The second-order valence-electron chi connectivity index (χ2n) is 8.00. The number of hydrogen-bond acceptors (Lipinski definition) is 7. The molecule has 2 atom stereocenters. The number of rotatable bonds is 4. The average Bonchev–Trinajstić information content (AvgIpc) is 2.76. The summed E-state index contributed by atoms with van der Waals surface area (Å²) >= 11 is 0. The molecule has 0 saturated carbocycles. The zero-order valence-electron chi connectivity index (χ0n) is 18.3. The van der Waals surface area contributed by atoms with Gasteiger partial charge in [0.2, 0.25) is 0 Å². The van der Waals surface area contributed by atoms with Crippen molar-refractivity contribution in [2.24, 2.45) is 0 Å². The molecule has 1 saturated heterocycles. The molecule has 2 aromatic heterocycles. The molecule has 2 N–H and O–H groups in total. The van der Waals surface area contributed by atoms with Gasteiger partial charge in [0.1, 0.15) is 0 Å². The zero-order valence-corrected chi connectivity index (χ0v) is 18.3. The number of benzene rings is 1. The number of hydrogen-bond donors (Lipinski definition) is 2. The van der Waals surface area contributed by atoms with Crippen molar-refractivity contribution in [3.05, 3.63) is 47.9 Å². The van der Waals surface area contributed by atoms with Crippen LogP contribution >= 0.6 is 0 Å². The highest BCUT2D eigenvalue weighted by molar-refractivity contribution is 6.14. The smallest absolute Gasteiger partial charge is 0.418 e. The third-order valence-electron chi connectivity index (χ3n) is 5.41. The summed E-state index contributed by atoms with van der Waals surface area (Å²) in [6.07, 6.45) is -1.08. The molecule has 3 heterocycles. The molecule has 1 amide bonds. The Balaban J connectivity index is 1.77. The number of halogens is 3. The van der Waals surface area contributed by atoms with Crippen molar-refractivity contribution in [3.8, 4) is 6.01 Å². The van der Waals surface area contributed by atoms with E-state index in [2.05, 4.69) is 44.3 Å². The molecule has 1 fully saturated rings. The number of anilines is 2. The number of pyridine rings is 1. The molecule has 11 heteroatoms. The number of carbonyl (C=O) groups excluding carboxylic acids is 1. The Morgan fingerprint density at radius 2 is 1.91 bits per heavy atom. The topological polar surface area (TPSA) is 92.3 Å². The summed E-state index contributed by atoms with van der Waals surface area (Å²) in [7, 11) is 1.40. The number of amides is 1. The van der Waals surface area contributed by atoms with E-state index in [0.717, 1.165) is 37.2 Å². The molecule has 1 aliphatic rings. The molecule has 0 unspecified atom stereocenters. The van der Waals surface area contributed by atoms with Crippen LogP contribution in [0.2, 0.25) is 0 Å². The lowest BCUT2D eigenvalue weighted by Crippen LogP contribution is -2.54. The first-order chi connectivity index (χ1) is 15.7. The Morgan fingerprint density at radius 3 is 2.58 bits per heavy atom. The number of alkyl halides is 3. The maximum Gasteiger partial charge on any atom is 0.418 e. The zero-order chi connectivity index (χ0) is 23.8. The summed E-state index contributed by atoms with van der Waals surface area (Å²) < 4.78 is 45.2. The molecule has 0 radical (unpaired) electrons. The van der Waals surface area contributed by atoms with Gasteiger partial charge in [0.05, 0.1) is 35.6 Å². The lowest BCUT2D eigenvalue weighted by Gasteiger charge is -2.38. The van der Waals surface area contributed by atoms with Gasteiger partial charge in [-0.2, -0.15) is 18.2 Å². The van der Waals surface area contributed by atoms with Crippen molar-refractivity contribution in [1.29, 1.82) is 0 Å². The predicted octanol–water partition coefficient (Wildman–Crippen LogP) is 3.49. The average molecular weight is 460 g/mol. The fourth-order valence-corrected chi connectivity index (χ4v) is 4.10. The van der Waals surface area contributed by atoms with Gasteiger partial charge in [-0.25, -0.2) is 4.98 Å². The summed E-state index contributed by atoms with van der Waals surface area (Å²) in [6, 6.07) is 4.68. The molecule has 1 aromatic carbocycles. The van der Waals surface area contributed by atoms with E-state index in [9.17, 15) is 18.0 Å². The minimum atomic E-state index is -4.64. The van der Waals surface area contributed by atoms with Crippen LogP contribution in [0.4, 0.5) is 24.5 Å². The molecule has 1 aliphatic heterocycles. The van der Waals surface area contributed by atoms with E-state index in [0.29, 0.717) is 5.39 Å². The van der Waals surface area contributed by atoms with Crippen LogP contribution < -0.4 is 20.3 Å². The van der Waals surface area contributed by atoms with Crippen LogP contribution in [-0.4, -0.2) is 53.1 Å². The minimum Gasteiger partial charge on any atom is -0.467 e. The third kappa shape index (κ3) is 4.68. The van der Waals surface area contributed by atoms with Gasteiger partial charge in [-0.05, 0) is 32.0 Å². The van der Waals surface area contributed by atoms with Crippen LogP contribution in [0, 0.1) is 0 Å². The minimum absolute atomic E-state index is 0.0492. The van der Waals surface area contributed by atoms with E-state index >= 15 is 0 Å². The van der Waals surface area contributed by atoms with Crippen molar-refractivity contribution in [1.82, 2.24) is 20.3 Å². The number of fused-ring (bicyclic) bond motifs is 1. The van der Waals surface area contributed by atoms with Gasteiger partial charge < -0.3 is 20.3 Å². The van der Waals surface area contributed by atoms with E-state index in [1.807, 2.05) is 0 Å². The summed E-state index contributed by atoms with van der Waals surface area (Å²) in [5, 5.41) is 6.40. The van der Waals surface area contributed by atoms with E-state index in [1.165, 1.54) is 7.11 Å². The highest BCUT2D eigenvalue weighted by Crippen LogP contribution is 2.35. The van der Waals surface area contributed by atoms with Crippen LogP contribution in [0.5, 0.6) is 6.01 Å². The number of ether oxygens (including phenoxy) is 1. The van der Waals surface area contributed by atoms with Gasteiger partial charge in [-0.3, -0.25) is 9.78 Å². The standard InChI is InChI=1S/C22H23F3N6O2/c1-12-10-31(11-13(2)28-12)18-5-4-14(19-15(18)8-27-21(30-19)33-3)20(32)29-17-9-26-7-6-16(17)22(23,24)25/h4-9,12-13,28H,10-11H2,1-3H3,(H,29,32)/t12-,13+. The lowest BCUT2D eigenvalue weighted by atomic mass is 10.0. The number of nitrogens with one attached hydrogen (secondary N) is 2. The summed E-state index contributed by atoms with van der Waals surface area (Å²) in [6.45, 7) is 5.64. The second-order valence-corrected chi connectivity index (χ2v) is 8.00. The predicted molar refractivity (Wildman–Crippen MR) is 118 cm³/mol. The second kappa shape index (κ2) is 8.81. The van der Waals surface area contributed by atoms with Gasteiger partial charge >= 0.3 is 12.2 Å². The number of piperazine rings is 1. The summed E-state index contributed by atoms with van der Waals surface area (Å²) in [4.78, 5) is 27.5. The van der Waals surface area contributed by atoms with Crippen LogP contribution in [0.1, 0.15) is 29.8 Å². The lowest BCUT2D eigenvalue weighted by molar-refractivity contribution is -0.137. The molecule has 0 bridgehead atoms. The SMILES string of the molecule is COc1ncc2c(N3C[C@@H](C)N[C@@H](C)C3)ccc(C(=O)Nc3cnccc3C(F)(F)F)c2n1. The number of carbonyl (C=O) groups is 1. The van der Waals surface area contributed by atoms with Crippen LogP contribution in [0.25, 0.3) is 10.9 Å². The first kappa shape index (κ1) is 22.7. The molecular weight excluding hydrogens is 437 g/mol. The fourth-order valence-electron chi connectivity index (χ4n) is 4.10. The molecule has 174 valence electrons. The molecule has 33 heavy (non-hydrogen) atoms. The third-order valence-corrected chi connectivity index (χ3v) is 5.41. The van der Waals surface area contributed by atoms with E-state index in [-0.39, 0.29) is 29.2 Å². The molecule has 4 rings (SSSR count). The summed E-state index contributed by atoms with van der Waals surface area (Å²) in [5.41, 5.74) is -0.196. The molecular formula is C22H23F3N6O2. The first-order valence-electron chi connectivity index (χ1n) is 10.3. The Bertz CT molecular complexity index is 1180. The van der Waals surface area contributed by atoms with Gasteiger partial charge in [0.25, 0.3) is 5.91 Å². The number of nitrogens with zero attached hydrogens (tertiary/aromatic N) is 4. The molecule has 8 nitrogen and oxygen atoms in total. The largest absolute Gasteiger partial charge is 0.467 e. The van der Waals surface area contributed by atoms with Crippen molar-refractivity contribution in [2.75, 3.05) is 30.4 Å². The van der Waals surface area contributed by atoms with Crippen molar-refractivity contribution in [3.63, 3.8) is 0 Å². The van der Waals surface area contributed by atoms with Crippen molar-refractivity contribution < 1.29 is 22.7 Å². The number of aromatic nitrogens is 3. The number of methoxy groups -OCH3 is 1. The highest BCUT2D eigenvalue weighted by Gasteiger charge is 2.34. The van der Waals surface area contributed by atoms with E-state index < -0.39 is 23.3 Å². The monoisotopic (exact) mass is 460 g/mol. The van der Waals surface area contributed by atoms with Crippen molar-refractivity contribution >= 4 is 28.2 Å². The van der Waals surface area contributed by atoms with Gasteiger partial charge in [0, 0.05) is 48.6 Å². The summed E-state index contributed by atoms with van der Waals surface area (Å²) in [5.74, 6) is -0.743. The Morgan fingerprint density at radius 1 is 1.18 bits per heavy atom. The quantitative estimate of drug-likeness (QED) is 0.616. The molecule has 0 aliphatic carbocycles. The van der Waals surface area contributed by atoms with Crippen LogP contribution in [0.3, 0.4) is 0 Å². The van der Waals surface area contributed by atoms with E-state index in [4.69, 9.17) is 4.74 Å². The molecule has 0 spiro atoms. The van der Waals surface area contributed by atoms with Crippen molar-refractivity contribution in [2.45, 2.75) is 32.1 Å². The highest BCUT2D eigenvalue weighted by atomic mass is 19.4. The Hall–Kier alpha value is -3.47. The van der Waals surface area contributed by atoms with Crippen LogP contribution in [-0.2, 0) is 6.18 Å². The Labute approximate surface area is 188 Å². The first-order valence-corrected chi connectivity index (χ1v) is 10.3. The maximum absolute atomic E-state index is 13.3. The Kier molecular flexibility index (Phi) is 6.07. The maximum atomic E-state index is 13.3. The van der Waals surface area contributed by atoms with Crippen LogP contribution in [0.15, 0.2) is 36.8 Å². The van der Waals surface area contributed by atoms with Gasteiger partial charge in [0.15, 0.2) is 0 Å². The molecule has 3 aromatic rings. The van der Waals surface area contributed by atoms with Gasteiger partial charge in [-0.1, -0.05) is 0 Å². The van der Waals surface area contributed by atoms with E-state index in [1.54, 1.807) is 18.3 Å². The normalized spacial score (nSPS) is 18.9.